The maximum Gasteiger partial charge on any atom is 0.419 e. The number of anilines is 1. The van der Waals surface area contributed by atoms with Crippen LogP contribution in [0.2, 0.25) is 5.02 Å². The van der Waals surface area contributed by atoms with Crippen molar-refractivity contribution >= 4 is 44.5 Å². The van der Waals surface area contributed by atoms with Gasteiger partial charge in [-0.25, -0.2) is 18.0 Å². The van der Waals surface area contributed by atoms with E-state index in [0.717, 1.165) is 5.56 Å². The topological polar surface area (TPSA) is 102 Å². The van der Waals surface area contributed by atoms with Crippen LogP contribution in [0.5, 0.6) is 0 Å². The van der Waals surface area contributed by atoms with Gasteiger partial charge in [-0.15, -0.1) is 0 Å². The van der Waals surface area contributed by atoms with Gasteiger partial charge < -0.3 is 9.15 Å². The van der Waals surface area contributed by atoms with Crippen LogP contribution in [0.25, 0.3) is 11.1 Å². The van der Waals surface area contributed by atoms with Crippen LogP contribution in [0.3, 0.4) is 0 Å². The Morgan fingerprint density at radius 3 is 2.59 bits per heavy atom. The van der Waals surface area contributed by atoms with Crippen molar-refractivity contribution in [3.63, 3.8) is 0 Å². The van der Waals surface area contributed by atoms with Crippen LogP contribution in [0, 0.1) is 0 Å². The van der Waals surface area contributed by atoms with Gasteiger partial charge in [0, 0.05) is 42.8 Å². The number of aryl methyl sites for hydroxylation is 1. The number of oxazole rings is 1. The molecule has 168 valence electrons. The highest BCUT2D eigenvalue weighted by atomic mass is 35.5. The van der Waals surface area contributed by atoms with Gasteiger partial charge in [0.25, 0.3) is 0 Å². The number of piperidine rings is 1. The molecule has 1 saturated heterocycles. The number of halogens is 1. The maximum atomic E-state index is 13.2. The van der Waals surface area contributed by atoms with Crippen molar-refractivity contribution in [3.8, 4) is 0 Å². The number of hydrogen-bond acceptors (Lipinski definition) is 6. The number of sulfonamides is 1. The first-order valence-corrected chi connectivity index (χ1v) is 11.9. The second-order valence-electron chi connectivity index (χ2n) is 7.85. The van der Waals surface area contributed by atoms with Crippen LogP contribution in [0.4, 0.5) is 10.5 Å². The molecule has 2 aromatic carbocycles. The number of benzene rings is 2. The van der Waals surface area contributed by atoms with Gasteiger partial charge in [-0.2, -0.15) is 4.31 Å². The first-order chi connectivity index (χ1) is 15.3. The minimum Gasteiger partial charge on any atom is -0.444 e. The standard InChI is InChI=1S/C21H20ClN3O6S/c1-23-18-6-5-14(11-19(18)31-20(23)26)32(28,29)24-9-7-13(8-10-24)25-17-4-2-3-16(22)15(17)12-30-21(25)27/h2-6,11,13H,7-10,12H2,1H3. The number of nitrogens with zero attached hydrogens (tertiary/aromatic N) is 3. The van der Waals surface area contributed by atoms with E-state index in [1.54, 1.807) is 30.1 Å². The van der Waals surface area contributed by atoms with E-state index in [1.165, 1.54) is 21.0 Å². The van der Waals surface area contributed by atoms with Crippen molar-refractivity contribution in [3.05, 3.63) is 57.5 Å². The first kappa shape index (κ1) is 21.0. The highest BCUT2D eigenvalue weighted by Gasteiger charge is 2.37. The van der Waals surface area contributed by atoms with E-state index >= 15 is 0 Å². The third-order valence-corrected chi connectivity index (χ3v) is 8.33. The van der Waals surface area contributed by atoms with Crippen molar-refractivity contribution in [1.29, 1.82) is 0 Å². The fourth-order valence-electron chi connectivity index (χ4n) is 4.33. The molecule has 0 radical (unpaired) electrons. The van der Waals surface area contributed by atoms with Gasteiger partial charge in [0.05, 0.1) is 16.1 Å². The molecular weight excluding hydrogens is 458 g/mol. The molecule has 3 aromatic rings. The average molecular weight is 478 g/mol. The first-order valence-electron chi connectivity index (χ1n) is 10.1. The van der Waals surface area contributed by atoms with Gasteiger partial charge in [0.2, 0.25) is 10.0 Å². The van der Waals surface area contributed by atoms with E-state index in [2.05, 4.69) is 0 Å². The Balaban J connectivity index is 1.37. The summed E-state index contributed by atoms with van der Waals surface area (Å²) in [5.74, 6) is -0.552. The van der Waals surface area contributed by atoms with Gasteiger partial charge >= 0.3 is 11.8 Å². The zero-order chi connectivity index (χ0) is 22.6. The highest BCUT2D eigenvalue weighted by molar-refractivity contribution is 7.89. The highest BCUT2D eigenvalue weighted by Crippen LogP contribution is 2.36. The molecule has 2 aliphatic rings. The molecule has 0 aliphatic carbocycles. The van der Waals surface area contributed by atoms with Crippen LogP contribution in [-0.2, 0) is 28.4 Å². The SMILES string of the molecule is Cn1c(=O)oc2cc(S(=O)(=O)N3CCC(N4C(=O)OCc5c(Cl)cccc54)CC3)ccc21. The van der Waals surface area contributed by atoms with Crippen molar-refractivity contribution in [1.82, 2.24) is 8.87 Å². The van der Waals surface area contributed by atoms with E-state index in [-0.39, 0.29) is 36.2 Å². The monoisotopic (exact) mass is 477 g/mol. The van der Waals surface area contributed by atoms with Crippen LogP contribution in [0.15, 0.2) is 50.5 Å². The molecular formula is C21H20ClN3O6S. The predicted octanol–water partition coefficient (Wildman–Crippen LogP) is 3.09. The minimum absolute atomic E-state index is 0.0623. The predicted molar refractivity (Wildman–Crippen MR) is 117 cm³/mol. The van der Waals surface area contributed by atoms with E-state index in [9.17, 15) is 18.0 Å². The van der Waals surface area contributed by atoms with Gasteiger partial charge in [-0.1, -0.05) is 17.7 Å². The Bertz CT molecular complexity index is 1390. The number of hydrogen-bond donors (Lipinski definition) is 0. The molecule has 1 fully saturated rings. The van der Waals surface area contributed by atoms with Gasteiger partial charge in [-0.05, 0) is 37.1 Å². The molecule has 0 unspecified atom stereocenters. The number of rotatable bonds is 3. The van der Waals surface area contributed by atoms with Gasteiger partial charge in [0.1, 0.15) is 6.61 Å². The molecule has 32 heavy (non-hydrogen) atoms. The number of aromatic nitrogens is 1. The third-order valence-electron chi connectivity index (χ3n) is 6.08. The number of ether oxygens (including phenoxy) is 1. The number of carbonyl (C=O) groups excluding carboxylic acids is 1. The van der Waals surface area contributed by atoms with Crippen molar-refractivity contribution in [2.75, 3.05) is 18.0 Å². The van der Waals surface area contributed by atoms with Crippen molar-refractivity contribution < 1.29 is 22.4 Å². The Hall–Kier alpha value is -2.82. The zero-order valence-electron chi connectivity index (χ0n) is 17.2. The second-order valence-corrected chi connectivity index (χ2v) is 10.2. The number of fused-ring (bicyclic) bond motifs is 2. The van der Waals surface area contributed by atoms with Gasteiger partial charge in [0.15, 0.2) is 5.58 Å². The fraction of sp³-hybridized carbons (Fsp3) is 0.333. The molecule has 0 bridgehead atoms. The Morgan fingerprint density at radius 2 is 1.84 bits per heavy atom. The Kier molecular flexibility index (Phi) is 5.03. The molecule has 1 aromatic heterocycles. The van der Waals surface area contributed by atoms with E-state index < -0.39 is 21.9 Å². The zero-order valence-corrected chi connectivity index (χ0v) is 18.7. The quantitative estimate of drug-likeness (QED) is 0.574. The summed E-state index contributed by atoms with van der Waals surface area (Å²) in [5, 5.41) is 0.531. The Morgan fingerprint density at radius 1 is 1.09 bits per heavy atom. The molecule has 0 N–H and O–H groups in total. The summed E-state index contributed by atoms with van der Waals surface area (Å²) in [6.07, 6.45) is 0.442. The summed E-state index contributed by atoms with van der Waals surface area (Å²) in [4.78, 5) is 25.9. The van der Waals surface area contributed by atoms with E-state index in [1.807, 2.05) is 6.07 Å². The Labute approximate surface area is 188 Å². The summed E-state index contributed by atoms with van der Waals surface area (Å²) in [7, 11) is -2.23. The van der Waals surface area contributed by atoms with Crippen molar-refractivity contribution in [2.24, 2.45) is 7.05 Å². The van der Waals surface area contributed by atoms with Crippen molar-refractivity contribution in [2.45, 2.75) is 30.4 Å². The van der Waals surface area contributed by atoms with Crippen LogP contribution >= 0.6 is 11.6 Å². The van der Waals surface area contributed by atoms with Crippen LogP contribution in [-0.4, -0.2) is 42.5 Å². The summed E-state index contributed by atoms with van der Waals surface area (Å²) in [6.45, 7) is 0.600. The van der Waals surface area contributed by atoms with E-state index in [4.69, 9.17) is 20.8 Å². The van der Waals surface area contributed by atoms with E-state index in [0.29, 0.717) is 29.1 Å². The molecule has 9 nitrogen and oxygen atoms in total. The molecule has 5 rings (SSSR count). The second kappa shape index (κ2) is 7.65. The summed E-state index contributed by atoms with van der Waals surface area (Å²) in [5.41, 5.74) is 2.20. The lowest BCUT2D eigenvalue weighted by atomic mass is 10.0. The van der Waals surface area contributed by atoms with Gasteiger partial charge in [-0.3, -0.25) is 9.47 Å². The number of cyclic esters (lactones) is 1. The molecule has 2 aliphatic heterocycles. The molecule has 0 atom stereocenters. The summed E-state index contributed by atoms with van der Waals surface area (Å²) < 4.78 is 39.5. The summed E-state index contributed by atoms with van der Waals surface area (Å²) in [6, 6.07) is 9.55. The molecule has 11 heteroatoms. The molecule has 1 amide bonds. The lowest BCUT2D eigenvalue weighted by Crippen LogP contribution is -2.50. The fourth-order valence-corrected chi connectivity index (χ4v) is 6.04. The smallest absolute Gasteiger partial charge is 0.419 e. The molecule has 0 spiro atoms. The normalized spacial score (nSPS) is 18.1. The largest absolute Gasteiger partial charge is 0.444 e. The average Bonchev–Trinajstić information content (AvgIpc) is 3.07. The minimum atomic E-state index is -3.79. The number of amides is 1. The number of carbonyl (C=O) groups is 1. The van der Waals surface area contributed by atoms with Crippen LogP contribution < -0.4 is 10.7 Å². The lowest BCUT2D eigenvalue weighted by molar-refractivity contribution is 0.136. The molecule has 0 saturated carbocycles. The third kappa shape index (κ3) is 3.30. The molecule has 3 heterocycles. The van der Waals surface area contributed by atoms with Crippen LogP contribution in [0.1, 0.15) is 18.4 Å². The lowest BCUT2D eigenvalue weighted by Gasteiger charge is -2.39. The summed E-state index contributed by atoms with van der Waals surface area (Å²) >= 11 is 6.26. The maximum absolute atomic E-state index is 13.2.